The van der Waals surface area contributed by atoms with E-state index in [1.807, 2.05) is 0 Å². The topological polar surface area (TPSA) is 185 Å². The molecule has 1 aliphatic rings. The monoisotopic (exact) mass is 616 g/mol. The molecule has 0 bridgehead atoms. The lowest BCUT2D eigenvalue weighted by Crippen LogP contribution is -2.60. The molecule has 2 aromatic carbocycles. The minimum Gasteiger partial charge on any atom is -0.507 e. The van der Waals surface area contributed by atoms with E-state index in [9.17, 15) is 35.1 Å². The molecule has 1 aliphatic heterocycles. The number of aliphatic hydroxyl groups is 4. The van der Waals surface area contributed by atoms with Gasteiger partial charge in [0, 0.05) is 12.1 Å². The Kier molecular flexibility index (Phi) is 11.6. The Morgan fingerprint density at radius 1 is 0.955 bits per heavy atom. The second-order valence-corrected chi connectivity index (χ2v) is 10.8. The van der Waals surface area contributed by atoms with E-state index in [-0.39, 0.29) is 33.8 Å². The van der Waals surface area contributed by atoms with Crippen LogP contribution in [0.1, 0.15) is 51.9 Å². The standard InChI is InChI=1S/C32H40O12/c1-3-4-5-6-7-8-9-23(31(39)40-2)42-20-14-22(34)26-24(15-20)41-17-21(27(26)35)18-10-12-19(13-11-18)43-32-30(38)29(37)28(36)25(16-33)44-32/h10-15,17,23,25,28-30,32-34,36-38H,3-9,16H2,1-2H3. The maximum atomic E-state index is 13.4. The van der Waals surface area contributed by atoms with Crippen molar-refractivity contribution in [1.82, 2.24) is 0 Å². The van der Waals surface area contributed by atoms with Crippen molar-refractivity contribution in [2.75, 3.05) is 13.7 Å². The summed E-state index contributed by atoms with van der Waals surface area (Å²) in [6.07, 6.45) is -0.0882. The van der Waals surface area contributed by atoms with Crippen molar-refractivity contribution in [2.45, 2.75) is 88.7 Å². The SMILES string of the molecule is CCCCCCCCC(Oc1cc(O)c2c(=O)c(-c3ccc(OC4OC(CO)C(O)C(O)C4O)cc3)coc2c1)C(=O)OC. The molecule has 0 spiro atoms. The van der Waals surface area contributed by atoms with Crippen molar-refractivity contribution < 1.29 is 53.7 Å². The molecule has 2 heterocycles. The predicted molar refractivity (Wildman–Crippen MR) is 158 cm³/mol. The molecule has 4 rings (SSSR count). The van der Waals surface area contributed by atoms with Gasteiger partial charge in [-0.1, -0.05) is 51.2 Å². The van der Waals surface area contributed by atoms with Crippen LogP contribution < -0.4 is 14.9 Å². The number of methoxy groups -OCH3 is 1. The Labute approximate surface area is 254 Å². The number of phenols is 1. The molecule has 5 N–H and O–H groups in total. The summed E-state index contributed by atoms with van der Waals surface area (Å²) >= 11 is 0. The van der Waals surface area contributed by atoms with Gasteiger partial charge >= 0.3 is 5.97 Å². The van der Waals surface area contributed by atoms with Gasteiger partial charge in [-0.2, -0.15) is 0 Å². The number of unbranched alkanes of at least 4 members (excludes halogenated alkanes) is 5. The van der Waals surface area contributed by atoms with E-state index in [2.05, 4.69) is 6.92 Å². The summed E-state index contributed by atoms with van der Waals surface area (Å²) in [6.45, 7) is 1.56. The molecule has 6 atom stereocenters. The summed E-state index contributed by atoms with van der Waals surface area (Å²) in [4.78, 5) is 25.7. The normalized spacial score (nSPS) is 22.5. The van der Waals surface area contributed by atoms with Crippen LogP contribution >= 0.6 is 0 Å². The third kappa shape index (κ3) is 7.69. The van der Waals surface area contributed by atoms with Crippen molar-refractivity contribution in [3.8, 4) is 28.4 Å². The summed E-state index contributed by atoms with van der Waals surface area (Å²) in [7, 11) is 1.28. The first-order valence-electron chi connectivity index (χ1n) is 14.8. The number of benzene rings is 2. The minimum atomic E-state index is -1.59. The largest absolute Gasteiger partial charge is 0.507 e. The number of aliphatic hydroxyl groups excluding tert-OH is 4. The average molecular weight is 617 g/mol. The van der Waals surface area contributed by atoms with E-state index >= 15 is 0 Å². The first-order valence-corrected chi connectivity index (χ1v) is 14.8. The van der Waals surface area contributed by atoms with Gasteiger partial charge in [0.25, 0.3) is 0 Å². The van der Waals surface area contributed by atoms with Crippen LogP contribution in [0.15, 0.2) is 51.9 Å². The number of hydrogen-bond donors (Lipinski definition) is 5. The third-order valence-electron chi connectivity index (χ3n) is 7.66. The number of fused-ring (bicyclic) bond motifs is 1. The summed E-state index contributed by atoms with van der Waals surface area (Å²) in [5.41, 5.74) is 0.150. The number of hydrogen-bond acceptors (Lipinski definition) is 12. The third-order valence-corrected chi connectivity index (χ3v) is 7.66. The van der Waals surface area contributed by atoms with Gasteiger partial charge in [-0.05, 0) is 30.5 Å². The summed E-state index contributed by atoms with van der Waals surface area (Å²) < 4.78 is 27.4. The van der Waals surface area contributed by atoms with Gasteiger partial charge in [-0.3, -0.25) is 4.79 Å². The molecule has 1 saturated heterocycles. The lowest BCUT2D eigenvalue weighted by atomic mass is 9.99. The number of carbonyl (C=O) groups excluding carboxylic acids is 1. The number of phenolic OH excluding ortho intramolecular Hbond substituents is 1. The fourth-order valence-electron chi connectivity index (χ4n) is 5.12. The first-order chi connectivity index (χ1) is 21.2. The number of esters is 1. The van der Waals surface area contributed by atoms with E-state index in [1.165, 1.54) is 44.1 Å². The number of carbonyl (C=O) groups is 1. The van der Waals surface area contributed by atoms with Gasteiger partial charge in [0.05, 0.1) is 19.3 Å². The highest BCUT2D eigenvalue weighted by Crippen LogP contribution is 2.32. The average Bonchev–Trinajstić information content (AvgIpc) is 3.02. The summed E-state index contributed by atoms with van der Waals surface area (Å²) in [5, 5.41) is 50.2. The van der Waals surface area contributed by atoms with Crippen molar-refractivity contribution >= 4 is 16.9 Å². The van der Waals surface area contributed by atoms with Gasteiger partial charge in [0.1, 0.15) is 58.9 Å². The molecule has 240 valence electrons. The Morgan fingerprint density at radius 2 is 1.66 bits per heavy atom. The zero-order chi connectivity index (χ0) is 31.8. The van der Waals surface area contributed by atoms with Crippen LogP contribution in [0.4, 0.5) is 0 Å². The van der Waals surface area contributed by atoms with Gasteiger partial charge < -0.3 is 48.9 Å². The fourth-order valence-corrected chi connectivity index (χ4v) is 5.12. The van der Waals surface area contributed by atoms with Crippen LogP contribution in [0.5, 0.6) is 17.2 Å². The Balaban J connectivity index is 1.48. The van der Waals surface area contributed by atoms with Crippen LogP contribution in [0.2, 0.25) is 0 Å². The highest BCUT2D eigenvalue weighted by molar-refractivity contribution is 5.88. The molecule has 0 aliphatic carbocycles. The van der Waals surface area contributed by atoms with E-state index in [1.54, 1.807) is 12.1 Å². The number of rotatable bonds is 14. The van der Waals surface area contributed by atoms with E-state index in [0.717, 1.165) is 32.1 Å². The molecule has 1 fully saturated rings. The smallest absolute Gasteiger partial charge is 0.347 e. The highest BCUT2D eigenvalue weighted by atomic mass is 16.7. The van der Waals surface area contributed by atoms with Crippen LogP contribution in [-0.2, 0) is 14.3 Å². The lowest BCUT2D eigenvalue weighted by molar-refractivity contribution is -0.277. The quantitative estimate of drug-likeness (QED) is 0.132. The van der Waals surface area contributed by atoms with E-state index in [4.69, 9.17) is 23.4 Å². The molecular formula is C32H40O12. The Hall–Kier alpha value is -3.68. The number of aromatic hydroxyl groups is 1. The second-order valence-electron chi connectivity index (χ2n) is 10.8. The molecule has 3 aromatic rings. The molecule has 12 nitrogen and oxygen atoms in total. The predicted octanol–water partition coefficient (Wildman–Crippen LogP) is 3.02. The van der Waals surface area contributed by atoms with Crippen LogP contribution in [-0.4, -0.2) is 82.0 Å². The zero-order valence-electron chi connectivity index (χ0n) is 24.8. The highest BCUT2D eigenvalue weighted by Gasteiger charge is 2.44. The van der Waals surface area contributed by atoms with Gasteiger partial charge in [-0.25, -0.2) is 4.79 Å². The second kappa shape index (κ2) is 15.4. The molecule has 0 radical (unpaired) electrons. The van der Waals surface area contributed by atoms with Crippen LogP contribution in [0.25, 0.3) is 22.1 Å². The van der Waals surface area contributed by atoms with Gasteiger partial charge in [-0.15, -0.1) is 0 Å². The molecule has 0 amide bonds. The number of ether oxygens (including phenoxy) is 4. The van der Waals surface area contributed by atoms with E-state index in [0.29, 0.717) is 12.0 Å². The molecule has 0 saturated carbocycles. The minimum absolute atomic E-state index is 0.0676. The molecule has 6 unspecified atom stereocenters. The Bertz CT molecular complexity index is 1430. The summed E-state index contributed by atoms with van der Waals surface area (Å²) in [6, 6.07) is 8.79. The molecular weight excluding hydrogens is 576 g/mol. The van der Waals surface area contributed by atoms with Gasteiger partial charge in [0.15, 0.2) is 6.10 Å². The van der Waals surface area contributed by atoms with Crippen molar-refractivity contribution in [2.24, 2.45) is 0 Å². The zero-order valence-corrected chi connectivity index (χ0v) is 24.8. The fraction of sp³-hybridized carbons (Fsp3) is 0.500. The van der Waals surface area contributed by atoms with Crippen LogP contribution in [0, 0.1) is 0 Å². The first kappa shape index (κ1) is 33.2. The van der Waals surface area contributed by atoms with Crippen molar-refractivity contribution in [3.05, 3.63) is 52.9 Å². The molecule has 12 heteroatoms. The Morgan fingerprint density at radius 3 is 2.34 bits per heavy atom. The van der Waals surface area contributed by atoms with Crippen molar-refractivity contribution in [1.29, 1.82) is 0 Å². The molecule has 44 heavy (non-hydrogen) atoms. The molecule has 1 aromatic heterocycles. The van der Waals surface area contributed by atoms with Crippen LogP contribution in [0.3, 0.4) is 0 Å². The van der Waals surface area contributed by atoms with E-state index < -0.39 is 54.8 Å². The maximum Gasteiger partial charge on any atom is 0.347 e. The maximum absolute atomic E-state index is 13.4. The lowest BCUT2D eigenvalue weighted by Gasteiger charge is -2.39. The van der Waals surface area contributed by atoms with Crippen molar-refractivity contribution in [3.63, 3.8) is 0 Å². The summed E-state index contributed by atoms with van der Waals surface area (Å²) in [5.74, 6) is -0.538. The van der Waals surface area contributed by atoms with Gasteiger partial charge in [0.2, 0.25) is 11.7 Å².